The van der Waals surface area contributed by atoms with Crippen LogP contribution >= 0.6 is 11.3 Å². The highest BCUT2D eigenvalue weighted by Crippen LogP contribution is 2.43. The quantitative estimate of drug-likeness (QED) is 0.153. The van der Waals surface area contributed by atoms with Crippen LogP contribution in [-0.4, -0.2) is 28.3 Å². The van der Waals surface area contributed by atoms with Crippen molar-refractivity contribution in [2.24, 2.45) is 0 Å². The molecule has 6 rings (SSSR count). The number of aromatic nitrogens is 3. The number of para-hydroxylation sites is 1. The third kappa shape index (κ3) is 4.22. The van der Waals surface area contributed by atoms with Crippen molar-refractivity contribution in [2.75, 3.05) is 18.6 Å². The summed E-state index contributed by atoms with van der Waals surface area (Å²) in [4.78, 5) is 19.5. The van der Waals surface area contributed by atoms with Crippen LogP contribution in [0.1, 0.15) is 15.4 Å². The lowest BCUT2D eigenvalue weighted by atomic mass is 9.99. The van der Waals surface area contributed by atoms with E-state index in [0.29, 0.717) is 33.0 Å². The average molecular weight is 537 g/mol. The van der Waals surface area contributed by atoms with Gasteiger partial charge >= 0.3 is 11.6 Å². The molecule has 5 N–H and O–H groups in total. The molecule has 0 bridgehead atoms. The summed E-state index contributed by atoms with van der Waals surface area (Å²) in [5, 5.41) is 14.9. The van der Waals surface area contributed by atoms with Crippen LogP contribution in [0.15, 0.2) is 89.5 Å². The van der Waals surface area contributed by atoms with Crippen molar-refractivity contribution in [2.45, 2.75) is 0 Å². The van der Waals surface area contributed by atoms with E-state index < -0.39 is 11.7 Å². The van der Waals surface area contributed by atoms with Gasteiger partial charge < -0.3 is 21.3 Å². The number of carbonyl (C=O) groups excluding carboxylic acids is 1. The van der Waals surface area contributed by atoms with E-state index in [1.807, 2.05) is 48.5 Å². The standard InChI is InChI=1S/C29H21N5O4S/c1-37-20-9-5-6-17(14-20)21-15-22(16-10-12-18(30)13-11-16)32-28-23(21)24(31)27(39-28)26(35)25-29(36)38-33-34(25)19-7-3-2-4-8-19/h2-15H,1H3,(H4-,30,31,32,33,35,36)/p+1. The van der Waals surface area contributed by atoms with Crippen molar-refractivity contribution < 1.29 is 23.8 Å². The lowest BCUT2D eigenvalue weighted by Crippen LogP contribution is -2.38. The Kier molecular flexibility index (Phi) is 5.93. The Morgan fingerprint density at radius 2 is 1.74 bits per heavy atom. The highest BCUT2D eigenvalue weighted by Gasteiger charge is 2.37. The topological polar surface area (TPSA) is 141 Å². The molecule has 0 saturated heterocycles. The first-order chi connectivity index (χ1) is 18.9. The summed E-state index contributed by atoms with van der Waals surface area (Å²) in [5.41, 5.74) is 17.0. The van der Waals surface area contributed by atoms with E-state index in [1.54, 1.807) is 43.5 Å². The summed E-state index contributed by atoms with van der Waals surface area (Å²) in [6.07, 6.45) is 0. The molecule has 3 heterocycles. The average Bonchev–Trinajstić information content (AvgIpc) is 3.52. The molecule has 0 aliphatic carbocycles. The second kappa shape index (κ2) is 9.58. The molecule has 0 atom stereocenters. The number of carbonyl (C=O) groups is 1. The number of pyridine rings is 1. The zero-order valence-corrected chi connectivity index (χ0v) is 21.5. The molecule has 3 aromatic heterocycles. The Labute approximate surface area is 226 Å². The Hall–Kier alpha value is -5.22. The number of ether oxygens (including phenoxy) is 1. The minimum atomic E-state index is -0.607. The number of ketones is 1. The van der Waals surface area contributed by atoms with Crippen LogP contribution in [-0.2, 0) is 0 Å². The van der Waals surface area contributed by atoms with Gasteiger partial charge in [0.15, 0.2) is 0 Å². The van der Waals surface area contributed by atoms with Gasteiger partial charge in [-0.1, -0.05) is 42.5 Å². The molecule has 0 fully saturated rings. The smallest absolute Gasteiger partial charge is 0.393 e. The molecule has 0 unspecified atom stereocenters. The normalized spacial score (nSPS) is 11.1. The number of fused-ring (bicyclic) bond motifs is 1. The zero-order chi connectivity index (χ0) is 27.1. The maximum Gasteiger partial charge on any atom is 0.393 e. The van der Waals surface area contributed by atoms with E-state index in [9.17, 15) is 9.90 Å². The Morgan fingerprint density at radius 3 is 2.49 bits per heavy atom. The maximum absolute atomic E-state index is 13.8. The number of nitrogens with two attached hydrogens (primary N) is 2. The molecular weight excluding hydrogens is 514 g/mol. The van der Waals surface area contributed by atoms with Crippen LogP contribution in [0.3, 0.4) is 0 Å². The second-order valence-electron chi connectivity index (χ2n) is 8.74. The van der Waals surface area contributed by atoms with Crippen molar-refractivity contribution in [3.05, 3.63) is 95.5 Å². The van der Waals surface area contributed by atoms with Gasteiger partial charge in [-0.15, -0.1) is 11.3 Å². The molecule has 0 aliphatic heterocycles. The first-order valence-electron chi connectivity index (χ1n) is 11.9. The second-order valence-corrected chi connectivity index (χ2v) is 9.74. The van der Waals surface area contributed by atoms with Gasteiger partial charge in [-0.3, -0.25) is 9.32 Å². The van der Waals surface area contributed by atoms with E-state index in [4.69, 9.17) is 25.7 Å². The molecular formula is C29H22N5O4S+. The van der Waals surface area contributed by atoms with Gasteiger partial charge in [-0.05, 0) is 41.5 Å². The molecule has 39 heavy (non-hydrogen) atoms. The van der Waals surface area contributed by atoms with Crippen LogP contribution in [0.4, 0.5) is 11.4 Å². The van der Waals surface area contributed by atoms with Gasteiger partial charge in [0.1, 0.15) is 15.5 Å². The zero-order valence-electron chi connectivity index (χ0n) is 20.7. The SMILES string of the molecule is COc1cccc(-c2cc(-c3ccc(N)cc3)nc3sc(C(=O)c4c(O)on[n+]4-c4ccccc4)c(N)c23)c1. The molecule has 0 radical (unpaired) electrons. The predicted octanol–water partition coefficient (Wildman–Crippen LogP) is 5.00. The van der Waals surface area contributed by atoms with E-state index in [2.05, 4.69) is 5.27 Å². The monoisotopic (exact) mass is 536 g/mol. The predicted molar refractivity (Wildman–Crippen MR) is 149 cm³/mol. The summed E-state index contributed by atoms with van der Waals surface area (Å²) in [6, 6.07) is 25.8. The van der Waals surface area contributed by atoms with E-state index >= 15 is 0 Å². The summed E-state index contributed by atoms with van der Waals surface area (Å²) in [6.45, 7) is 0. The minimum absolute atomic E-state index is 0.138. The fourth-order valence-corrected chi connectivity index (χ4v) is 5.47. The molecule has 0 aliphatic rings. The highest BCUT2D eigenvalue weighted by atomic mass is 32.1. The number of methoxy groups -OCH3 is 1. The summed E-state index contributed by atoms with van der Waals surface area (Å²) in [5.74, 6) is -0.470. The molecule has 0 saturated carbocycles. The molecule has 0 amide bonds. The van der Waals surface area contributed by atoms with Crippen molar-refractivity contribution in [1.29, 1.82) is 0 Å². The summed E-state index contributed by atoms with van der Waals surface area (Å²) < 4.78 is 11.7. The molecule has 9 nitrogen and oxygen atoms in total. The van der Waals surface area contributed by atoms with Crippen molar-refractivity contribution in [3.63, 3.8) is 0 Å². The number of nitrogens with zero attached hydrogens (tertiary/aromatic N) is 3. The fraction of sp³-hybridized carbons (Fsp3) is 0.0345. The Balaban J connectivity index is 1.57. The first kappa shape index (κ1) is 24.1. The molecule has 0 spiro atoms. The number of thiophene rings is 1. The largest absolute Gasteiger partial charge is 0.497 e. The molecule has 6 aromatic rings. The number of hydrogen-bond donors (Lipinski definition) is 3. The van der Waals surface area contributed by atoms with Crippen molar-refractivity contribution in [3.8, 4) is 39.8 Å². The van der Waals surface area contributed by atoms with Gasteiger partial charge in [0, 0.05) is 33.5 Å². The third-order valence-corrected chi connectivity index (χ3v) is 7.43. The van der Waals surface area contributed by atoms with Gasteiger partial charge in [-0.2, -0.15) is 0 Å². The number of nitrogen functional groups attached to an aromatic ring is 2. The van der Waals surface area contributed by atoms with Crippen molar-refractivity contribution in [1.82, 2.24) is 10.3 Å². The number of rotatable bonds is 6. The lowest BCUT2D eigenvalue weighted by Gasteiger charge is -2.10. The van der Waals surface area contributed by atoms with Crippen LogP contribution in [0, 0.1) is 0 Å². The number of benzene rings is 3. The van der Waals surface area contributed by atoms with Gasteiger partial charge in [0.2, 0.25) is 11.0 Å². The van der Waals surface area contributed by atoms with E-state index in [1.165, 1.54) is 4.68 Å². The van der Waals surface area contributed by atoms with Crippen LogP contribution in [0.2, 0.25) is 0 Å². The maximum atomic E-state index is 13.8. The Morgan fingerprint density at radius 1 is 0.974 bits per heavy atom. The lowest BCUT2D eigenvalue weighted by molar-refractivity contribution is -0.672. The van der Waals surface area contributed by atoms with Gasteiger partial charge in [0.25, 0.3) is 5.78 Å². The summed E-state index contributed by atoms with van der Waals surface area (Å²) in [7, 11) is 1.60. The molecule has 10 heteroatoms. The number of aromatic hydroxyl groups is 1. The van der Waals surface area contributed by atoms with E-state index in [0.717, 1.165) is 28.0 Å². The van der Waals surface area contributed by atoms with E-state index in [-0.39, 0.29) is 16.3 Å². The Bertz CT molecular complexity index is 1850. The molecule has 3 aromatic carbocycles. The van der Waals surface area contributed by atoms with Crippen LogP contribution < -0.4 is 20.9 Å². The van der Waals surface area contributed by atoms with Gasteiger partial charge in [0.05, 0.1) is 18.5 Å². The minimum Gasteiger partial charge on any atom is -0.497 e. The number of hydrogen-bond acceptors (Lipinski definition) is 9. The fourth-order valence-electron chi connectivity index (χ4n) is 4.41. The van der Waals surface area contributed by atoms with Crippen LogP contribution in [0.5, 0.6) is 11.7 Å². The molecule has 192 valence electrons. The van der Waals surface area contributed by atoms with Crippen LogP contribution in [0.25, 0.3) is 38.3 Å². The summed E-state index contributed by atoms with van der Waals surface area (Å²) >= 11 is 1.14. The van der Waals surface area contributed by atoms with Crippen molar-refractivity contribution >= 4 is 38.7 Å². The highest BCUT2D eigenvalue weighted by molar-refractivity contribution is 7.21. The third-order valence-electron chi connectivity index (χ3n) is 6.33. The van der Waals surface area contributed by atoms with Gasteiger partial charge in [-0.25, -0.2) is 4.98 Å². The number of anilines is 2. The first-order valence-corrected chi connectivity index (χ1v) is 12.7.